The van der Waals surface area contributed by atoms with E-state index in [0.29, 0.717) is 6.42 Å². The smallest absolute Gasteiger partial charge is 0.550 e. The number of carbonyl (C=O) groups excluding carboxylic acids is 3. The molecule has 1 atom stereocenters. The van der Waals surface area contributed by atoms with Crippen LogP contribution in [0.4, 0.5) is 0 Å². The van der Waals surface area contributed by atoms with Gasteiger partial charge in [0.25, 0.3) is 0 Å². The van der Waals surface area contributed by atoms with Crippen molar-refractivity contribution in [2.75, 3.05) is 0 Å². The van der Waals surface area contributed by atoms with E-state index in [2.05, 4.69) is 24.4 Å². The fourth-order valence-electron chi connectivity index (χ4n) is 3.13. The minimum absolute atomic E-state index is 0. The predicted molar refractivity (Wildman–Crippen MR) is 111 cm³/mol. The van der Waals surface area contributed by atoms with Crippen molar-refractivity contribution in [3.05, 3.63) is 12.2 Å². The van der Waals surface area contributed by atoms with Crippen LogP contribution in [0.25, 0.3) is 0 Å². The van der Waals surface area contributed by atoms with E-state index in [-0.39, 0.29) is 77.9 Å². The van der Waals surface area contributed by atoms with Crippen molar-refractivity contribution >= 4 is 17.8 Å². The summed E-state index contributed by atoms with van der Waals surface area (Å²) < 4.78 is 0. The van der Waals surface area contributed by atoms with Crippen molar-refractivity contribution < 1.29 is 83.7 Å². The number of nitrogens with one attached hydrogen (secondary N) is 1. The average molecular weight is 456 g/mol. The molecule has 0 spiro atoms. The van der Waals surface area contributed by atoms with E-state index in [4.69, 9.17) is 0 Å². The zero-order valence-electron chi connectivity index (χ0n) is 20.1. The van der Waals surface area contributed by atoms with E-state index in [9.17, 15) is 24.6 Å². The molecule has 0 radical (unpaired) electrons. The molecule has 0 aliphatic rings. The van der Waals surface area contributed by atoms with Gasteiger partial charge < -0.3 is 25.1 Å². The van der Waals surface area contributed by atoms with Crippen molar-refractivity contribution in [2.45, 2.75) is 116 Å². The van der Waals surface area contributed by atoms with Gasteiger partial charge in [0.15, 0.2) is 0 Å². The second kappa shape index (κ2) is 26.4. The van der Waals surface area contributed by atoms with Crippen molar-refractivity contribution in [3.63, 3.8) is 0 Å². The minimum Gasteiger partial charge on any atom is -0.550 e. The van der Waals surface area contributed by atoms with E-state index in [1.807, 2.05) is 0 Å². The Morgan fingerprint density at radius 1 is 0.742 bits per heavy atom. The van der Waals surface area contributed by atoms with Gasteiger partial charge in [-0.1, -0.05) is 70.4 Å². The number of aliphatic carboxylic acids is 2. The Balaban J connectivity index is -0.00000392. The first-order valence-corrected chi connectivity index (χ1v) is 11.3. The van der Waals surface area contributed by atoms with E-state index in [1.165, 1.54) is 44.9 Å². The third-order valence-electron chi connectivity index (χ3n) is 4.92. The van der Waals surface area contributed by atoms with Gasteiger partial charge in [-0.2, -0.15) is 0 Å². The molecule has 31 heavy (non-hydrogen) atoms. The summed E-state index contributed by atoms with van der Waals surface area (Å²) in [7, 11) is 0. The zero-order valence-corrected chi connectivity index (χ0v) is 24.1. The number of rotatable bonds is 20. The van der Waals surface area contributed by atoms with Crippen molar-refractivity contribution in [1.29, 1.82) is 0 Å². The zero-order chi connectivity index (χ0) is 21.7. The maximum absolute atomic E-state index is 11.8. The molecule has 1 N–H and O–H groups in total. The van der Waals surface area contributed by atoms with Crippen LogP contribution in [0.15, 0.2) is 12.2 Å². The van der Waals surface area contributed by atoms with Crippen molar-refractivity contribution in [1.82, 2.24) is 5.32 Å². The summed E-state index contributed by atoms with van der Waals surface area (Å²) in [5, 5.41) is 23.6. The molecule has 1 unspecified atom stereocenters. The maximum Gasteiger partial charge on any atom is 1.00 e. The number of hydrogen-bond acceptors (Lipinski definition) is 5. The van der Waals surface area contributed by atoms with Crippen molar-refractivity contribution in [2.24, 2.45) is 0 Å². The summed E-state index contributed by atoms with van der Waals surface area (Å²) in [6.45, 7) is 2.24. The first-order valence-electron chi connectivity index (χ1n) is 11.3. The molecule has 0 bridgehead atoms. The third kappa shape index (κ3) is 26.3. The van der Waals surface area contributed by atoms with Crippen LogP contribution < -0.4 is 74.6 Å². The van der Waals surface area contributed by atoms with Crippen LogP contribution in [0, 0.1) is 0 Å². The molecule has 0 fully saturated rings. The Morgan fingerprint density at radius 2 is 1.23 bits per heavy atom. The van der Waals surface area contributed by atoms with Gasteiger partial charge >= 0.3 is 59.1 Å². The number of carboxylic acid groups (broad SMARTS) is 2. The van der Waals surface area contributed by atoms with Crippen LogP contribution in [-0.4, -0.2) is 23.9 Å². The van der Waals surface area contributed by atoms with E-state index in [1.54, 1.807) is 0 Å². The van der Waals surface area contributed by atoms with Gasteiger partial charge in [-0.25, -0.2) is 0 Å². The first kappa shape index (κ1) is 35.7. The summed E-state index contributed by atoms with van der Waals surface area (Å²) in [4.78, 5) is 33.1. The number of allylic oxidation sites excluding steroid dienone is 2. The number of carboxylic acids is 2. The van der Waals surface area contributed by atoms with E-state index < -0.39 is 24.4 Å². The standard InChI is InChI=1S/C23H41NO5.2Na/c1-2-3-4-5-6-7-8-9-10-11-12-13-14-15-16-17-21(25)24-20(23(28)29)18-19-22(26)27;;/h9-10,20H,2-8,11-19H2,1H3,(H,24,25)(H,26,27)(H,28,29);;/q;2*+1/p-2/b10-9-;;. The van der Waals surface area contributed by atoms with Gasteiger partial charge in [-0.3, -0.25) is 4.79 Å². The molecule has 0 aliphatic heterocycles. The number of carbonyl (C=O) groups is 3. The molecule has 8 heteroatoms. The number of unbranched alkanes of at least 4 members (excludes halogenated alkanes) is 11. The van der Waals surface area contributed by atoms with E-state index >= 15 is 0 Å². The Hall–Kier alpha value is 0.150. The maximum atomic E-state index is 11.8. The molecular weight excluding hydrogens is 416 g/mol. The predicted octanol–water partition coefficient (Wildman–Crippen LogP) is -3.20. The molecule has 168 valence electrons. The Labute approximate surface area is 233 Å². The summed E-state index contributed by atoms with van der Waals surface area (Å²) in [6, 6.07) is -1.27. The fraction of sp³-hybridized carbons (Fsp3) is 0.783. The van der Waals surface area contributed by atoms with Gasteiger partial charge in [-0.05, 0) is 44.9 Å². The summed E-state index contributed by atoms with van der Waals surface area (Å²) >= 11 is 0. The number of amides is 1. The Bertz CT molecular complexity index is 487. The minimum atomic E-state index is -1.47. The van der Waals surface area contributed by atoms with Crippen LogP contribution in [0.1, 0.15) is 110 Å². The molecule has 0 aromatic rings. The van der Waals surface area contributed by atoms with E-state index in [0.717, 1.165) is 32.1 Å². The topological polar surface area (TPSA) is 109 Å². The number of hydrogen-bond donors (Lipinski definition) is 1. The van der Waals surface area contributed by atoms with Crippen LogP contribution >= 0.6 is 0 Å². The molecule has 0 saturated heterocycles. The van der Waals surface area contributed by atoms with Gasteiger partial charge in [0.05, 0.1) is 12.0 Å². The Kier molecular flexibility index (Phi) is 30.4. The van der Waals surface area contributed by atoms with Gasteiger partial charge in [0.1, 0.15) is 0 Å². The SMILES string of the molecule is CCCCCCCC/C=C\CCCCCCCC(=O)NC(CCC(=O)[O-])C(=O)[O-].[Na+].[Na+]. The van der Waals surface area contributed by atoms with Crippen LogP contribution in [0.3, 0.4) is 0 Å². The molecule has 1 amide bonds. The average Bonchev–Trinajstić information content (AvgIpc) is 2.67. The van der Waals surface area contributed by atoms with Gasteiger partial charge in [0.2, 0.25) is 5.91 Å². The molecule has 0 aliphatic carbocycles. The summed E-state index contributed by atoms with van der Waals surface area (Å²) in [5.74, 6) is -3.19. The van der Waals surface area contributed by atoms with Crippen LogP contribution in [-0.2, 0) is 14.4 Å². The molecule has 0 aromatic carbocycles. The molecule has 0 heterocycles. The molecule has 0 saturated carbocycles. The summed E-state index contributed by atoms with van der Waals surface area (Å²) in [6.07, 6.45) is 19.4. The largest absolute Gasteiger partial charge is 1.00 e. The molecule has 6 nitrogen and oxygen atoms in total. The Morgan fingerprint density at radius 3 is 1.71 bits per heavy atom. The van der Waals surface area contributed by atoms with Gasteiger partial charge in [-0.15, -0.1) is 0 Å². The molecular formula is C23H39NNa2O5. The monoisotopic (exact) mass is 455 g/mol. The fourth-order valence-corrected chi connectivity index (χ4v) is 3.13. The molecule has 0 rings (SSSR count). The molecule has 0 aromatic heterocycles. The van der Waals surface area contributed by atoms with Crippen LogP contribution in [0.5, 0.6) is 0 Å². The van der Waals surface area contributed by atoms with Crippen molar-refractivity contribution in [3.8, 4) is 0 Å². The first-order chi connectivity index (χ1) is 14.0. The summed E-state index contributed by atoms with van der Waals surface area (Å²) in [5.41, 5.74) is 0. The van der Waals surface area contributed by atoms with Crippen LogP contribution in [0.2, 0.25) is 0 Å². The van der Waals surface area contributed by atoms with Gasteiger partial charge in [0, 0.05) is 12.4 Å². The second-order valence-corrected chi connectivity index (χ2v) is 7.68. The normalized spacial score (nSPS) is 11.4. The third-order valence-corrected chi connectivity index (χ3v) is 4.92. The second-order valence-electron chi connectivity index (χ2n) is 7.68. The quantitative estimate of drug-likeness (QED) is 0.118.